The molecule has 0 amide bonds. The van der Waals surface area contributed by atoms with Crippen molar-refractivity contribution in [1.82, 2.24) is 9.80 Å². The third-order valence-electron chi connectivity index (χ3n) is 3.47. The molecule has 5 heteroatoms. The molecule has 108 valence electrons. The maximum atomic E-state index is 5.59. The molecular weight excluding hydrogens is 247 g/mol. The summed E-state index contributed by atoms with van der Waals surface area (Å²) in [4.78, 5) is 5.10. The average Bonchev–Trinajstić information content (AvgIpc) is 2.37. The van der Waals surface area contributed by atoms with Gasteiger partial charge in [0.05, 0.1) is 13.0 Å². The summed E-state index contributed by atoms with van der Waals surface area (Å²) in [5.41, 5.74) is 0.164. The van der Waals surface area contributed by atoms with Crippen molar-refractivity contribution in [2.24, 2.45) is 0 Å². The van der Waals surface area contributed by atoms with E-state index in [0.29, 0.717) is 0 Å². The van der Waals surface area contributed by atoms with Gasteiger partial charge in [-0.1, -0.05) is 8.58 Å². The molecule has 4 nitrogen and oxygen atoms in total. The van der Waals surface area contributed by atoms with Gasteiger partial charge in [-0.05, 0) is 20.8 Å². The van der Waals surface area contributed by atoms with E-state index in [9.17, 15) is 0 Å². The van der Waals surface area contributed by atoms with Crippen LogP contribution in [0.1, 0.15) is 20.8 Å². The van der Waals surface area contributed by atoms with Crippen molar-refractivity contribution in [2.75, 3.05) is 59.1 Å². The molecule has 0 aromatic carbocycles. The topological polar surface area (TPSA) is 24.9 Å². The molecule has 0 aromatic heterocycles. The molecule has 18 heavy (non-hydrogen) atoms. The van der Waals surface area contributed by atoms with Gasteiger partial charge in [-0.25, -0.2) is 0 Å². The Hall–Kier alpha value is 0.270. The third-order valence-corrected chi connectivity index (χ3v) is 4.63. The van der Waals surface area contributed by atoms with Gasteiger partial charge in [0, 0.05) is 51.7 Å². The Labute approximate surface area is 114 Å². The van der Waals surface area contributed by atoms with Gasteiger partial charge < -0.3 is 9.47 Å². The number of nitrogens with zero attached hydrogens (tertiary/aromatic N) is 2. The second-order valence-corrected chi connectivity index (χ2v) is 6.50. The Morgan fingerprint density at radius 1 is 1.17 bits per heavy atom. The fraction of sp³-hybridized carbons (Fsp3) is 1.00. The molecule has 1 heterocycles. The first-order valence-corrected chi connectivity index (χ1v) is 8.26. The predicted molar refractivity (Wildman–Crippen MR) is 78.8 cm³/mol. The lowest BCUT2D eigenvalue weighted by Crippen LogP contribution is -2.56. The zero-order valence-electron chi connectivity index (χ0n) is 12.4. The van der Waals surface area contributed by atoms with E-state index in [4.69, 9.17) is 9.47 Å². The van der Waals surface area contributed by atoms with Crippen molar-refractivity contribution in [3.63, 3.8) is 0 Å². The maximum absolute atomic E-state index is 5.59. The van der Waals surface area contributed by atoms with Crippen LogP contribution in [0.15, 0.2) is 0 Å². The fourth-order valence-corrected chi connectivity index (χ4v) is 3.19. The van der Waals surface area contributed by atoms with Crippen molar-refractivity contribution in [3.8, 4) is 0 Å². The van der Waals surface area contributed by atoms with Gasteiger partial charge in [0.25, 0.3) is 0 Å². The van der Waals surface area contributed by atoms with Gasteiger partial charge in [-0.2, -0.15) is 0 Å². The highest BCUT2D eigenvalue weighted by Crippen LogP contribution is 2.19. The molecule has 0 saturated carbocycles. The van der Waals surface area contributed by atoms with Gasteiger partial charge in [0.1, 0.15) is 0 Å². The zero-order valence-corrected chi connectivity index (χ0v) is 13.4. The van der Waals surface area contributed by atoms with Crippen molar-refractivity contribution >= 4 is 8.58 Å². The van der Waals surface area contributed by atoms with E-state index in [1.165, 1.54) is 19.4 Å². The summed E-state index contributed by atoms with van der Waals surface area (Å²) in [5.74, 6) is 0. The highest BCUT2D eigenvalue weighted by atomic mass is 31.1. The molecule has 1 unspecified atom stereocenters. The summed E-state index contributed by atoms with van der Waals surface area (Å²) in [5, 5.41) is 0. The third kappa shape index (κ3) is 5.50. The number of hydrogen-bond acceptors (Lipinski definition) is 4. The number of methoxy groups -OCH3 is 1. The highest BCUT2D eigenvalue weighted by molar-refractivity contribution is 7.37. The molecule has 0 spiro atoms. The second kappa shape index (κ2) is 8.44. The van der Waals surface area contributed by atoms with E-state index >= 15 is 0 Å². The minimum Gasteiger partial charge on any atom is -0.380 e. The van der Waals surface area contributed by atoms with Crippen LogP contribution < -0.4 is 0 Å². The minimum atomic E-state index is 0.164. The standard InChI is InChI=1S/C13H29N2O2P/c1-5-17-10-13(2,3)15-8-6-14(7-9-15)11-18-12-16-4/h18H,5-12H2,1-4H3. The summed E-state index contributed by atoms with van der Waals surface area (Å²) < 4.78 is 10.7. The Kier molecular flexibility index (Phi) is 7.66. The van der Waals surface area contributed by atoms with E-state index in [2.05, 4.69) is 30.6 Å². The lowest BCUT2D eigenvalue weighted by Gasteiger charge is -2.43. The average molecular weight is 276 g/mol. The number of rotatable bonds is 8. The minimum absolute atomic E-state index is 0.164. The van der Waals surface area contributed by atoms with Gasteiger partial charge in [-0.15, -0.1) is 0 Å². The second-order valence-electron chi connectivity index (χ2n) is 5.40. The zero-order chi connectivity index (χ0) is 13.4. The first kappa shape index (κ1) is 16.3. The summed E-state index contributed by atoms with van der Waals surface area (Å²) in [6.45, 7) is 12.9. The van der Waals surface area contributed by atoms with Crippen LogP contribution in [-0.4, -0.2) is 74.5 Å². The molecule has 1 saturated heterocycles. The predicted octanol–water partition coefficient (Wildman–Crippen LogP) is 1.66. The molecule has 1 aliphatic heterocycles. The molecule has 1 atom stereocenters. The largest absolute Gasteiger partial charge is 0.380 e. The van der Waals surface area contributed by atoms with E-state index in [1.807, 2.05) is 0 Å². The van der Waals surface area contributed by atoms with Crippen LogP contribution in [0.4, 0.5) is 0 Å². The molecule has 1 fully saturated rings. The van der Waals surface area contributed by atoms with Crippen LogP contribution in [0, 0.1) is 0 Å². The van der Waals surface area contributed by atoms with Gasteiger partial charge in [-0.3, -0.25) is 9.80 Å². The molecular formula is C13H29N2O2P. The van der Waals surface area contributed by atoms with Crippen LogP contribution in [0.3, 0.4) is 0 Å². The maximum Gasteiger partial charge on any atom is 0.0644 e. The van der Waals surface area contributed by atoms with Gasteiger partial charge in [0.2, 0.25) is 0 Å². The number of hydrogen-bond donors (Lipinski definition) is 0. The van der Waals surface area contributed by atoms with Gasteiger partial charge >= 0.3 is 0 Å². The van der Waals surface area contributed by atoms with Crippen LogP contribution in [-0.2, 0) is 9.47 Å². The molecule has 1 aliphatic rings. The number of ether oxygens (including phenoxy) is 2. The van der Waals surface area contributed by atoms with E-state index in [1.54, 1.807) is 7.11 Å². The summed E-state index contributed by atoms with van der Waals surface area (Å²) in [6.07, 6.45) is 2.09. The lowest BCUT2D eigenvalue weighted by atomic mass is 10.0. The molecule has 1 rings (SSSR count). The first-order valence-electron chi connectivity index (χ1n) is 6.85. The van der Waals surface area contributed by atoms with E-state index in [-0.39, 0.29) is 5.54 Å². The van der Waals surface area contributed by atoms with E-state index < -0.39 is 0 Å². The number of piperazine rings is 1. The van der Waals surface area contributed by atoms with E-state index in [0.717, 1.165) is 41.2 Å². The molecule has 0 N–H and O–H groups in total. The normalized spacial score (nSPS) is 20.0. The van der Waals surface area contributed by atoms with Crippen LogP contribution in [0.25, 0.3) is 0 Å². The Morgan fingerprint density at radius 2 is 1.83 bits per heavy atom. The van der Waals surface area contributed by atoms with Gasteiger partial charge in [0.15, 0.2) is 0 Å². The van der Waals surface area contributed by atoms with Crippen molar-refractivity contribution in [3.05, 3.63) is 0 Å². The Balaban J connectivity index is 2.25. The SMILES string of the molecule is CCOCC(C)(C)N1CCN(CPCOC)CC1. The van der Waals surface area contributed by atoms with Crippen LogP contribution in [0.2, 0.25) is 0 Å². The summed E-state index contributed by atoms with van der Waals surface area (Å²) >= 11 is 0. The molecule has 0 aromatic rings. The van der Waals surface area contributed by atoms with Crippen LogP contribution >= 0.6 is 8.58 Å². The highest BCUT2D eigenvalue weighted by Gasteiger charge is 2.29. The van der Waals surface area contributed by atoms with Crippen molar-refractivity contribution < 1.29 is 9.47 Å². The van der Waals surface area contributed by atoms with Crippen molar-refractivity contribution in [1.29, 1.82) is 0 Å². The molecule has 0 bridgehead atoms. The molecule has 0 radical (unpaired) electrons. The summed E-state index contributed by atoms with van der Waals surface area (Å²) in [7, 11) is 2.68. The smallest absolute Gasteiger partial charge is 0.0644 e. The van der Waals surface area contributed by atoms with Crippen LogP contribution in [0.5, 0.6) is 0 Å². The lowest BCUT2D eigenvalue weighted by molar-refractivity contribution is -0.00654. The molecule has 0 aliphatic carbocycles. The Bertz CT molecular complexity index is 219. The fourth-order valence-electron chi connectivity index (χ4n) is 2.26. The monoisotopic (exact) mass is 276 g/mol. The quantitative estimate of drug-likeness (QED) is 0.497. The summed E-state index contributed by atoms with van der Waals surface area (Å²) in [6, 6.07) is 0. The first-order chi connectivity index (χ1) is 8.60. The van der Waals surface area contributed by atoms with Crippen molar-refractivity contribution in [2.45, 2.75) is 26.3 Å². The Morgan fingerprint density at radius 3 is 2.39 bits per heavy atom.